The fourth-order valence-corrected chi connectivity index (χ4v) is 1.87. The Bertz CT molecular complexity index is 551. The minimum Gasteiger partial charge on any atom is -0.271 e. The number of hydrogen-bond donors (Lipinski definition) is 1. The van der Waals surface area contributed by atoms with Gasteiger partial charge in [0.25, 0.3) is 0 Å². The largest absolute Gasteiger partial charge is 0.416 e. The molecule has 0 bridgehead atoms. The standard InChI is InChI=1S/C10H6F4IN3S/c1-19-9(17-4-16)18-7-3-5(10(12,13)14)2-6(11)8(7)15/h2-3H,1H3,(H,17,18). The van der Waals surface area contributed by atoms with Gasteiger partial charge in [-0.05, 0) is 41.0 Å². The topological polar surface area (TPSA) is 48.2 Å². The molecule has 0 heterocycles. The maximum absolute atomic E-state index is 13.4. The van der Waals surface area contributed by atoms with Crippen LogP contribution in [0.2, 0.25) is 0 Å². The van der Waals surface area contributed by atoms with Gasteiger partial charge in [0.05, 0.1) is 14.8 Å². The molecule has 3 nitrogen and oxygen atoms in total. The number of nitriles is 1. The van der Waals surface area contributed by atoms with Crippen molar-refractivity contribution in [3.05, 3.63) is 27.1 Å². The average molecular weight is 403 g/mol. The third-order valence-electron chi connectivity index (χ3n) is 1.91. The Balaban J connectivity index is 3.35. The lowest BCUT2D eigenvalue weighted by molar-refractivity contribution is -0.137. The second kappa shape index (κ2) is 6.42. The van der Waals surface area contributed by atoms with E-state index in [4.69, 9.17) is 5.26 Å². The summed E-state index contributed by atoms with van der Waals surface area (Å²) in [5.74, 6) is -1.01. The molecule has 0 aliphatic carbocycles. The first-order valence-electron chi connectivity index (χ1n) is 4.63. The number of rotatable bonds is 1. The lowest BCUT2D eigenvalue weighted by Gasteiger charge is -2.10. The van der Waals surface area contributed by atoms with Crippen LogP contribution < -0.4 is 5.32 Å². The van der Waals surface area contributed by atoms with Gasteiger partial charge in [-0.3, -0.25) is 5.32 Å². The Morgan fingerprint density at radius 3 is 2.58 bits per heavy atom. The Kier molecular flexibility index (Phi) is 5.42. The molecule has 0 fully saturated rings. The van der Waals surface area contributed by atoms with Crippen LogP contribution in [0.3, 0.4) is 0 Å². The lowest BCUT2D eigenvalue weighted by Crippen LogP contribution is -2.13. The van der Waals surface area contributed by atoms with Crippen LogP contribution in [0.1, 0.15) is 5.56 Å². The van der Waals surface area contributed by atoms with Crippen LogP contribution in [-0.2, 0) is 6.18 Å². The number of nitrogens with one attached hydrogen (secondary N) is 1. The molecule has 0 saturated heterocycles. The van der Waals surface area contributed by atoms with Crippen LogP contribution >= 0.6 is 34.4 Å². The van der Waals surface area contributed by atoms with Crippen molar-refractivity contribution >= 4 is 45.2 Å². The molecule has 0 saturated carbocycles. The van der Waals surface area contributed by atoms with Gasteiger partial charge in [-0.25, -0.2) is 9.38 Å². The summed E-state index contributed by atoms with van der Waals surface area (Å²) in [6.07, 6.45) is -1.47. The number of halogens is 5. The zero-order chi connectivity index (χ0) is 14.6. The van der Waals surface area contributed by atoms with E-state index in [9.17, 15) is 17.6 Å². The van der Waals surface area contributed by atoms with Crippen molar-refractivity contribution in [2.75, 3.05) is 6.26 Å². The summed E-state index contributed by atoms with van der Waals surface area (Å²) in [6.45, 7) is 0. The normalized spacial score (nSPS) is 12.2. The summed E-state index contributed by atoms with van der Waals surface area (Å²) in [5, 5.41) is 10.7. The smallest absolute Gasteiger partial charge is 0.271 e. The second-order valence-corrected chi connectivity index (χ2v) is 5.02. The molecule has 0 aliphatic rings. The van der Waals surface area contributed by atoms with Crippen LogP contribution in [0.15, 0.2) is 17.1 Å². The summed E-state index contributed by atoms with van der Waals surface area (Å²) in [7, 11) is 0. The molecular weight excluding hydrogens is 397 g/mol. The third kappa shape index (κ3) is 4.24. The lowest BCUT2D eigenvalue weighted by atomic mass is 10.2. The summed E-state index contributed by atoms with van der Waals surface area (Å²) in [5.41, 5.74) is -1.30. The van der Waals surface area contributed by atoms with Gasteiger partial charge in [0.15, 0.2) is 11.4 Å². The van der Waals surface area contributed by atoms with Crippen LogP contribution in [-0.4, -0.2) is 11.4 Å². The van der Waals surface area contributed by atoms with Crippen molar-refractivity contribution in [3.8, 4) is 6.19 Å². The first kappa shape index (κ1) is 16.0. The van der Waals surface area contributed by atoms with Crippen LogP contribution in [0.5, 0.6) is 0 Å². The summed E-state index contributed by atoms with van der Waals surface area (Å²) >= 11 is 2.59. The predicted molar refractivity (Wildman–Crippen MR) is 73.5 cm³/mol. The van der Waals surface area contributed by atoms with Crippen molar-refractivity contribution in [2.45, 2.75) is 6.18 Å². The van der Waals surface area contributed by atoms with Crippen molar-refractivity contribution < 1.29 is 17.6 Å². The molecule has 0 aliphatic heterocycles. The molecule has 0 atom stereocenters. The van der Waals surface area contributed by atoms with Gasteiger partial charge in [-0.2, -0.15) is 18.4 Å². The van der Waals surface area contributed by atoms with E-state index in [1.165, 1.54) is 0 Å². The zero-order valence-electron chi connectivity index (χ0n) is 9.35. The highest BCUT2D eigenvalue weighted by Crippen LogP contribution is 2.35. The predicted octanol–water partition coefficient (Wildman–Crippen LogP) is 3.87. The highest BCUT2D eigenvalue weighted by atomic mass is 127. The van der Waals surface area contributed by atoms with Crippen molar-refractivity contribution in [3.63, 3.8) is 0 Å². The van der Waals surface area contributed by atoms with Crippen molar-refractivity contribution in [2.24, 2.45) is 4.99 Å². The van der Waals surface area contributed by atoms with Gasteiger partial charge in [0, 0.05) is 0 Å². The number of thioether (sulfide) groups is 1. The summed E-state index contributed by atoms with van der Waals surface area (Å²) in [6, 6.07) is 1.15. The third-order valence-corrected chi connectivity index (χ3v) is 3.56. The van der Waals surface area contributed by atoms with Crippen molar-refractivity contribution in [1.29, 1.82) is 5.26 Å². The maximum Gasteiger partial charge on any atom is 0.416 e. The van der Waals surface area contributed by atoms with Gasteiger partial charge < -0.3 is 0 Å². The number of aliphatic imine (C=N–C) groups is 1. The minimum atomic E-state index is -4.66. The monoisotopic (exact) mass is 403 g/mol. The van der Waals surface area contributed by atoms with Gasteiger partial charge in [0.2, 0.25) is 0 Å². The number of benzene rings is 1. The molecule has 1 rings (SSSR count). The van der Waals surface area contributed by atoms with Crippen molar-refractivity contribution in [1.82, 2.24) is 5.32 Å². The fourth-order valence-electron chi connectivity index (χ4n) is 1.10. The quantitative estimate of drug-likeness (QED) is 0.194. The average Bonchev–Trinajstić information content (AvgIpc) is 2.32. The van der Waals surface area contributed by atoms with Crippen LogP contribution in [0, 0.1) is 20.8 Å². The summed E-state index contributed by atoms with van der Waals surface area (Å²) < 4.78 is 51.1. The molecule has 9 heteroatoms. The molecular formula is C10H6F4IN3S. The number of nitrogens with zero attached hydrogens (tertiary/aromatic N) is 2. The highest BCUT2D eigenvalue weighted by molar-refractivity contribution is 14.1. The second-order valence-electron chi connectivity index (χ2n) is 3.15. The molecule has 0 radical (unpaired) electrons. The highest BCUT2D eigenvalue weighted by Gasteiger charge is 2.32. The van der Waals surface area contributed by atoms with Gasteiger partial charge in [0.1, 0.15) is 5.82 Å². The van der Waals surface area contributed by atoms with Gasteiger partial charge in [-0.1, -0.05) is 11.8 Å². The zero-order valence-corrected chi connectivity index (χ0v) is 12.3. The van der Waals surface area contributed by atoms with E-state index in [0.717, 1.165) is 17.8 Å². The molecule has 102 valence electrons. The van der Waals surface area contributed by atoms with Gasteiger partial charge in [-0.15, -0.1) is 0 Å². The summed E-state index contributed by atoms with van der Waals surface area (Å²) in [4.78, 5) is 3.80. The number of hydrogen-bond acceptors (Lipinski definition) is 3. The molecule has 0 aromatic heterocycles. The van der Waals surface area contributed by atoms with Crippen LogP contribution in [0.25, 0.3) is 0 Å². The SMILES string of the molecule is CSC(=Nc1cc(C(F)(F)F)cc(F)c1I)NC#N. The van der Waals surface area contributed by atoms with E-state index < -0.39 is 17.6 Å². The Morgan fingerprint density at radius 2 is 2.11 bits per heavy atom. The van der Waals surface area contributed by atoms with Gasteiger partial charge >= 0.3 is 6.18 Å². The molecule has 0 unspecified atom stereocenters. The van der Waals surface area contributed by atoms with E-state index in [-0.39, 0.29) is 14.4 Å². The van der Waals surface area contributed by atoms with E-state index in [2.05, 4.69) is 10.3 Å². The molecule has 1 aromatic rings. The number of amidine groups is 1. The molecule has 1 aromatic carbocycles. The van der Waals surface area contributed by atoms with E-state index in [0.29, 0.717) is 6.07 Å². The Hall–Kier alpha value is -1.02. The molecule has 19 heavy (non-hydrogen) atoms. The Labute approximate surface area is 124 Å². The van der Waals surface area contributed by atoms with E-state index in [1.807, 2.05) is 0 Å². The molecule has 0 spiro atoms. The van der Waals surface area contributed by atoms with E-state index in [1.54, 1.807) is 35.0 Å². The van der Waals surface area contributed by atoms with Crippen LogP contribution in [0.4, 0.5) is 23.2 Å². The fraction of sp³-hybridized carbons (Fsp3) is 0.200. The Morgan fingerprint density at radius 1 is 1.47 bits per heavy atom. The van der Waals surface area contributed by atoms with E-state index >= 15 is 0 Å². The maximum atomic E-state index is 13.4. The minimum absolute atomic E-state index is 0.0445. The first-order valence-corrected chi connectivity index (χ1v) is 6.94. The molecule has 1 N–H and O–H groups in total. The number of alkyl halides is 3. The first-order chi connectivity index (χ1) is 8.79. The molecule has 0 amide bonds.